The second-order valence-corrected chi connectivity index (χ2v) is 32.0. The van der Waals surface area contributed by atoms with Crippen molar-refractivity contribution in [3.63, 3.8) is 0 Å². The number of aliphatic hydroxyl groups excluding tert-OH is 1. The Balaban J connectivity index is 5.24. The van der Waals surface area contributed by atoms with Gasteiger partial charge in [0, 0.05) is 25.7 Å². The van der Waals surface area contributed by atoms with Crippen molar-refractivity contribution in [2.45, 2.75) is 401 Å². The largest absolute Gasteiger partial charge is 0.472 e. The molecule has 0 aliphatic carbocycles. The molecule has 0 aliphatic rings. The van der Waals surface area contributed by atoms with Gasteiger partial charge < -0.3 is 33.8 Å². The fraction of sp³-hybridized carbons (Fsp3) is 0.947. The molecule has 3 N–H and O–H groups in total. The Morgan fingerprint density at radius 3 is 0.747 bits per heavy atom. The molecule has 0 heterocycles. The average Bonchev–Trinajstić information content (AvgIpc) is 1.70. The van der Waals surface area contributed by atoms with E-state index in [4.69, 9.17) is 37.0 Å². The number of carbonyl (C=O) groups is 4. The highest BCUT2D eigenvalue weighted by Gasteiger charge is 2.30. The minimum atomic E-state index is -4.96. The number of unbranched alkanes of at least 4 members (excludes halogenated alkanes) is 38. The second kappa shape index (κ2) is 65.4. The Bertz CT molecular complexity index is 1870. The van der Waals surface area contributed by atoms with Crippen molar-refractivity contribution in [2.75, 3.05) is 39.6 Å². The van der Waals surface area contributed by atoms with Gasteiger partial charge in [-0.15, -0.1) is 0 Å². The number of hydrogen-bond donors (Lipinski definition) is 3. The molecule has 0 aliphatic heterocycles. The van der Waals surface area contributed by atoms with Gasteiger partial charge in [-0.3, -0.25) is 37.3 Å². The second-order valence-electron chi connectivity index (χ2n) is 29.1. The number of hydrogen-bond acceptors (Lipinski definition) is 15. The molecule has 6 atom stereocenters. The van der Waals surface area contributed by atoms with Crippen LogP contribution in [-0.4, -0.2) is 96.7 Å². The van der Waals surface area contributed by atoms with Gasteiger partial charge in [0.05, 0.1) is 26.4 Å². The zero-order valence-corrected chi connectivity index (χ0v) is 64.1. The number of aliphatic hydroxyl groups is 1. The fourth-order valence-electron chi connectivity index (χ4n) is 11.5. The first-order valence-corrected chi connectivity index (χ1v) is 42.2. The topological polar surface area (TPSA) is 237 Å². The normalized spacial score (nSPS) is 14.4. The smallest absolute Gasteiger partial charge is 0.462 e. The van der Waals surface area contributed by atoms with Crippen molar-refractivity contribution in [3.05, 3.63) is 0 Å². The van der Waals surface area contributed by atoms with Crippen LogP contribution < -0.4 is 0 Å². The summed E-state index contributed by atoms with van der Waals surface area (Å²) in [7, 11) is -9.91. The van der Waals surface area contributed by atoms with E-state index >= 15 is 0 Å². The zero-order chi connectivity index (χ0) is 70.3. The average molecular weight is 1400 g/mol. The first-order valence-electron chi connectivity index (χ1n) is 39.2. The molecule has 0 amide bonds. The highest BCUT2D eigenvalue weighted by atomic mass is 31.2. The molecular weight excluding hydrogens is 1250 g/mol. The summed E-state index contributed by atoms with van der Waals surface area (Å²) in [5.74, 6) is 0.951. The molecule has 19 heteroatoms. The van der Waals surface area contributed by atoms with Crippen LogP contribution in [0.1, 0.15) is 383 Å². The van der Waals surface area contributed by atoms with E-state index in [0.29, 0.717) is 31.6 Å². The summed E-state index contributed by atoms with van der Waals surface area (Å²) in [4.78, 5) is 72.8. The van der Waals surface area contributed by atoms with Crippen LogP contribution in [0.3, 0.4) is 0 Å². The quantitative estimate of drug-likeness (QED) is 0.0222. The van der Waals surface area contributed by atoms with Gasteiger partial charge in [-0.05, 0) is 49.4 Å². The molecule has 0 spiro atoms. The molecule has 0 saturated carbocycles. The lowest BCUT2D eigenvalue weighted by Crippen LogP contribution is -2.30. The third-order valence-electron chi connectivity index (χ3n) is 17.9. The van der Waals surface area contributed by atoms with Crippen LogP contribution in [0.5, 0.6) is 0 Å². The predicted molar refractivity (Wildman–Crippen MR) is 386 cm³/mol. The van der Waals surface area contributed by atoms with E-state index in [1.54, 1.807) is 0 Å². The summed E-state index contributed by atoms with van der Waals surface area (Å²) in [6.45, 7) is 14.2. The van der Waals surface area contributed by atoms with Gasteiger partial charge in [-0.25, -0.2) is 9.13 Å². The predicted octanol–water partition coefficient (Wildman–Crippen LogP) is 22.0. The number of ether oxygens (including phenoxy) is 4. The van der Waals surface area contributed by atoms with E-state index in [1.165, 1.54) is 180 Å². The summed E-state index contributed by atoms with van der Waals surface area (Å²) < 4.78 is 68.5. The molecule has 564 valence electrons. The van der Waals surface area contributed by atoms with Crippen molar-refractivity contribution in [1.29, 1.82) is 0 Å². The molecule has 4 unspecified atom stereocenters. The summed E-state index contributed by atoms with van der Waals surface area (Å²) in [5.41, 5.74) is 0. The van der Waals surface area contributed by atoms with Crippen LogP contribution in [-0.2, 0) is 65.4 Å². The van der Waals surface area contributed by atoms with Gasteiger partial charge in [0.2, 0.25) is 0 Å². The molecule has 0 radical (unpaired) electrons. The highest BCUT2D eigenvalue weighted by Crippen LogP contribution is 2.45. The third-order valence-corrected chi connectivity index (χ3v) is 19.8. The molecule has 0 aromatic heterocycles. The van der Waals surface area contributed by atoms with Gasteiger partial charge in [0.1, 0.15) is 19.3 Å². The zero-order valence-electron chi connectivity index (χ0n) is 62.3. The maximum Gasteiger partial charge on any atom is 0.472 e. The molecule has 0 rings (SSSR count). The number of esters is 4. The molecule has 0 bridgehead atoms. The molecular formula is C76H148O17P2. The van der Waals surface area contributed by atoms with Crippen LogP contribution in [0.4, 0.5) is 0 Å². The highest BCUT2D eigenvalue weighted by molar-refractivity contribution is 7.47. The summed E-state index contributed by atoms with van der Waals surface area (Å²) >= 11 is 0. The minimum Gasteiger partial charge on any atom is -0.462 e. The van der Waals surface area contributed by atoms with Crippen molar-refractivity contribution in [1.82, 2.24) is 0 Å². The maximum atomic E-state index is 13.1. The summed E-state index contributed by atoms with van der Waals surface area (Å²) in [5, 5.41) is 10.6. The van der Waals surface area contributed by atoms with Gasteiger partial charge >= 0.3 is 39.5 Å². The van der Waals surface area contributed by atoms with Gasteiger partial charge in [-0.2, -0.15) is 0 Å². The molecule has 95 heavy (non-hydrogen) atoms. The SMILES string of the molecule is CCC(C)CCCCCCCCCCCCCCCCC(=O)OC[C@H](COP(=O)(O)OCC(O)COP(=O)(O)OC[C@@H](COC(=O)CCCCCCCCCC(C)C)OC(=O)CCCCCCCCCCCCCC(C)C)OC(=O)CCCCCCCCCCCCC(C)C. The van der Waals surface area contributed by atoms with Crippen LogP contribution in [0.2, 0.25) is 0 Å². The van der Waals surface area contributed by atoms with Crippen LogP contribution in [0, 0.1) is 23.7 Å². The lowest BCUT2D eigenvalue weighted by atomic mass is 9.99. The summed E-state index contributed by atoms with van der Waals surface area (Å²) in [6, 6.07) is 0. The first kappa shape index (κ1) is 93.1. The van der Waals surface area contributed by atoms with Crippen molar-refractivity contribution < 1.29 is 80.2 Å². The van der Waals surface area contributed by atoms with E-state index in [9.17, 15) is 43.2 Å². The maximum absolute atomic E-state index is 13.1. The first-order chi connectivity index (χ1) is 45.6. The van der Waals surface area contributed by atoms with Crippen LogP contribution in [0.15, 0.2) is 0 Å². The van der Waals surface area contributed by atoms with E-state index in [-0.39, 0.29) is 25.7 Å². The molecule has 17 nitrogen and oxygen atoms in total. The Labute approximate surface area is 581 Å². The minimum absolute atomic E-state index is 0.105. The molecule has 0 aromatic carbocycles. The Kier molecular flexibility index (Phi) is 64.0. The van der Waals surface area contributed by atoms with Crippen molar-refractivity contribution >= 4 is 39.5 Å². The van der Waals surface area contributed by atoms with Crippen molar-refractivity contribution in [3.8, 4) is 0 Å². The molecule has 0 fully saturated rings. The van der Waals surface area contributed by atoms with Crippen LogP contribution in [0.25, 0.3) is 0 Å². The van der Waals surface area contributed by atoms with E-state index in [0.717, 1.165) is 114 Å². The van der Waals surface area contributed by atoms with Gasteiger partial charge in [0.15, 0.2) is 12.2 Å². The number of phosphoric acid groups is 2. The van der Waals surface area contributed by atoms with Crippen LogP contribution >= 0.6 is 15.6 Å². The third kappa shape index (κ3) is 69.0. The van der Waals surface area contributed by atoms with Crippen molar-refractivity contribution in [2.24, 2.45) is 23.7 Å². The Hall–Kier alpha value is -1.94. The Morgan fingerprint density at radius 1 is 0.295 bits per heavy atom. The lowest BCUT2D eigenvalue weighted by molar-refractivity contribution is -0.161. The number of carbonyl (C=O) groups excluding carboxylic acids is 4. The molecule has 0 aromatic rings. The summed E-state index contributed by atoms with van der Waals surface area (Å²) in [6.07, 6.45) is 50.0. The standard InChI is InChI=1S/C76H148O17P2/c1-9-69(8)55-47-39-31-23-16-12-10-11-13-17-24-32-40-48-56-73(78)86-62-71(92-76(81)59-51-43-34-26-20-19-22-29-37-45-53-67(4)5)64-90-94(82,83)88-60-70(77)61-89-95(84,85)91-65-72(63-87-74(79)57-49-41-35-27-30-38-46-54-68(6)7)93-75(80)58-50-42-33-25-18-14-15-21-28-36-44-52-66(2)3/h66-72,77H,9-65H2,1-8H3,(H,82,83)(H,84,85)/t69?,70?,71-,72-/m1/s1. The van der Waals surface area contributed by atoms with E-state index < -0.39 is 97.5 Å². The number of phosphoric ester groups is 2. The Morgan fingerprint density at radius 2 is 0.505 bits per heavy atom. The van der Waals surface area contributed by atoms with Gasteiger partial charge in [-0.1, -0.05) is 331 Å². The molecule has 0 saturated heterocycles. The van der Waals surface area contributed by atoms with Gasteiger partial charge in [0.25, 0.3) is 0 Å². The monoisotopic (exact) mass is 1400 g/mol. The lowest BCUT2D eigenvalue weighted by Gasteiger charge is -2.21. The van der Waals surface area contributed by atoms with E-state index in [1.807, 2.05) is 0 Å². The number of rotatable bonds is 73. The fourth-order valence-corrected chi connectivity index (χ4v) is 13.1. The van der Waals surface area contributed by atoms with E-state index in [2.05, 4.69) is 55.4 Å².